The van der Waals surface area contributed by atoms with Gasteiger partial charge in [-0.3, -0.25) is 4.79 Å². The molecule has 0 spiro atoms. The average molecular weight is 414 g/mol. The van der Waals surface area contributed by atoms with Gasteiger partial charge in [0.25, 0.3) is 0 Å². The number of hydrogen-bond donors (Lipinski definition) is 2. The smallest absolute Gasteiger partial charge is 0.224 e. The molecule has 0 fully saturated rings. The normalized spacial score (nSPS) is 9.92. The van der Waals surface area contributed by atoms with E-state index in [2.05, 4.69) is 21.2 Å². The van der Waals surface area contributed by atoms with Crippen LogP contribution >= 0.6 is 28.3 Å². The van der Waals surface area contributed by atoms with Crippen LogP contribution in [0.1, 0.15) is 24.8 Å². The Bertz CT molecular complexity index is 663. The zero-order valence-corrected chi connectivity index (χ0v) is 16.0. The van der Waals surface area contributed by atoms with Gasteiger partial charge in [0, 0.05) is 22.3 Å². The van der Waals surface area contributed by atoms with Crippen molar-refractivity contribution >= 4 is 45.6 Å². The molecule has 0 aliphatic heterocycles. The standard InChI is InChI=1S/C18H21BrN2O2.ClH/c1-13-5-8-15(20)12-17(13)21-18(22)4-2-3-11-23-16-9-6-14(19)7-10-16;/h5-10,12H,2-4,11,20H2,1H3,(H,21,22);1H. The van der Waals surface area contributed by atoms with Crippen molar-refractivity contribution in [2.45, 2.75) is 26.2 Å². The first-order chi connectivity index (χ1) is 11.0. The average Bonchev–Trinajstić information content (AvgIpc) is 2.52. The van der Waals surface area contributed by atoms with Crippen molar-refractivity contribution in [2.75, 3.05) is 17.7 Å². The highest BCUT2D eigenvalue weighted by Gasteiger charge is 2.05. The van der Waals surface area contributed by atoms with Crippen LogP contribution in [0.4, 0.5) is 11.4 Å². The number of nitrogens with one attached hydrogen (secondary N) is 1. The fourth-order valence-corrected chi connectivity index (χ4v) is 2.36. The summed E-state index contributed by atoms with van der Waals surface area (Å²) in [6, 6.07) is 13.2. The number of carbonyl (C=O) groups excluding carboxylic acids is 1. The Balaban J connectivity index is 0.00000288. The molecule has 2 aromatic rings. The monoisotopic (exact) mass is 412 g/mol. The number of aryl methyl sites for hydroxylation is 1. The summed E-state index contributed by atoms with van der Waals surface area (Å²) in [5, 5.41) is 2.90. The van der Waals surface area contributed by atoms with Crippen LogP contribution in [0, 0.1) is 6.92 Å². The van der Waals surface area contributed by atoms with Crippen molar-refractivity contribution in [2.24, 2.45) is 0 Å². The fraction of sp³-hybridized carbons (Fsp3) is 0.278. The van der Waals surface area contributed by atoms with E-state index in [1.807, 2.05) is 43.3 Å². The van der Waals surface area contributed by atoms with Crippen molar-refractivity contribution in [3.05, 3.63) is 52.5 Å². The maximum atomic E-state index is 11.9. The molecule has 130 valence electrons. The van der Waals surface area contributed by atoms with Crippen LogP contribution in [0.3, 0.4) is 0 Å². The molecule has 0 heterocycles. The largest absolute Gasteiger partial charge is 0.494 e. The first-order valence-corrected chi connectivity index (χ1v) is 8.38. The highest BCUT2D eigenvalue weighted by Crippen LogP contribution is 2.19. The van der Waals surface area contributed by atoms with Crippen molar-refractivity contribution in [3.63, 3.8) is 0 Å². The maximum Gasteiger partial charge on any atom is 0.224 e. The summed E-state index contributed by atoms with van der Waals surface area (Å²) in [5.41, 5.74) is 8.17. The molecule has 0 aliphatic carbocycles. The second kappa shape index (κ2) is 10.2. The predicted molar refractivity (Wildman–Crippen MR) is 105 cm³/mol. The lowest BCUT2D eigenvalue weighted by molar-refractivity contribution is -0.116. The maximum absolute atomic E-state index is 11.9. The van der Waals surface area contributed by atoms with E-state index in [1.165, 1.54) is 0 Å². The summed E-state index contributed by atoms with van der Waals surface area (Å²) in [5.74, 6) is 0.843. The topological polar surface area (TPSA) is 64.3 Å². The zero-order valence-electron chi connectivity index (χ0n) is 13.5. The molecular formula is C18H22BrClN2O2. The van der Waals surface area contributed by atoms with Gasteiger partial charge in [0.15, 0.2) is 0 Å². The fourth-order valence-electron chi connectivity index (χ4n) is 2.10. The van der Waals surface area contributed by atoms with E-state index in [9.17, 15) is 4.79 Å². The molecule has 0 saturated heterocycles. The molecule has 1 amide bonds. The summed E-state index contributed by atoms with van der Waals surface area (Å²) in [6.07, 6.45) is 2.08. The number of halogens is 2. The van der Waals surface area contributed by atoms with E-state index < -0.39 is 0 Å². The Morgan fingerprint density at radius 2 is 1.88 bits per heavy atom. The Kier molecular flexibility index (Phi) is 8.65. The minimum atomic E-state index is 0. The van der Waals surface area contributed by atoms with E-state index in [0.717, 1.165) is 34.3 Å². The molecule has 2 rings (SSSR count). The Morgan fingerprint density at radius 1 is 1.17 bits per heavy atom. The highest BCUT2D eigenvalue weighted by atomic mass is 79.9. The predicted octanol–water partition coefficient (Wildman–Crippen LogP) is 4.95. The number of nitrogens with two attached hydrogens (primary N) is 1. The van der Waals surface area contributed by atoms with Crippen molar-refractivity contribution < 1.29 is 9.53 Å². The molecule has 0 atom stereocenters. The number of amides is 1. The van der Waals surface area contributed by atoms with E-state index >= 15 is 0 Å². The van der Waals surface area contributed by atoms with Gasteiger partial charge in [-0.25, -0.2) is 0 Å². The SMILES string of the molecule is Cc1ccc(N)cc1NC(=O)CCCCOc1ccc(Br)cc1.Cl. The molecule has 0 radical (unpaired) electrons. The Hall–Kier alpha value is -1.72. The van der Waals surface area contributed by atoms with Crippen LogP contribution in [0.25, 0.3) is 0 Å². The van der Waals surface area contributed by atoms with Crippen molar-refractivity contribution in [1.82, 2.24) is 0 Å². The summed E-state index contributed by atoms with van der Waals surface area (Å²) < 4.78 is 6.65. The summed E-state index contributed by atoms with van der Waals surface area (Å²) >= 11 is 3.38. The van der Waals surface area contributed by atoms with Crippen molar-refractivity contribution in [1.29, 1.82) is 0 Å². The van der Waals surface area contributed by atoms with Crippen LogP contribution in [0.15, 0.2) is 46.9 Å². The quantitative estimate of drug-likeness (QED) is 0.498. The van der Waals surface area contributed by atoms with Crippen LogP contribution in [-0.2, 0) is 4.79 Å². The van der Waals surface area contributed by atoms with Gasteiger partial charge < -0.3 is 15.8 Å². The zero-order chi connectivity index (χ0) is 16.7. The molecule has 0 unspecified atom stereocenters. The minimum Gasteiger partial charge on any atom is -0.494 e. The molecule has 24 heavy (non-hydrogen) atoms. The van der Waals surface area contributed by atoms with E-state index in [4.69, 9.17) is 10.5 Å². The number of carbonyl (C=O) groups is 1. The molecular weight excluding hydrogens is 392 g/mol. The second-order valence-electron chi connectivity index (χ2n) is 5.38. The first kappa shape index (κ1) is 20.3. The van der Waals surface area contributed by atoms with Gasteiger partial charge in [-0.1, -0.05) is 22.0 Å². The molecule has 2 aromatic carbocycles. The third-order valence-corrected chi connectivity index (χ3v) is 3.94. The third-order valence-electron chi connectivity index (χ3n) is 3.42. The first-order valence-electron chi connectivity index (χ1n) is 7.59. The van der Waals surface area contributed by atoms with E-state index in [-0.39, 0.29) is 18.3 Å². The number of nitrogen functional groups attached to an aromatic ring is 1. The summed E-state index contributed by atoms with van der Waals surface area (Å²) in [7, 11) is 0. The molecule has 4 nitrogen and oxygen atoms in total. The van der Waals surface area contributed by atoms with Crippen LogP contribution < -0.4 is 15.8 Å². The van der Waals surface area contributed by atoms with Crippen molar-refractivity contribution in [3.8, 4) is 5.75 Å². The van der Waals surface area contributed by atoms with Gasteiger partial charge in [0.1, 0.15) is 5.75 Å². The van der Waals surface area contributed by atoms with Crippen LogP contribution in [-0.4, -0.2) is 12.5 Å². The lowest BCUT2D eigenvalue weighted by Gasteiger charge is -2.09. The van der Waals surface area contributed by atoms with E-state index in [1.54, 1.807) is 6.07 Å². The molecule has 0 bridgehead atoms. The minimum absolute atomic E-state index is 0. The number of hydrogen-bond acceptors (Lipinski definition) is 3. The number of ether oxygens (including phenoxy) is 1. The number of unbranched alkanes of at least 4 members (excludes halogenated alkanes) is 1. The Labute approximate surface area is 157 Å². The molecule has 6 heteroatoms. The van der Waals surface area contributed by atoms with Crippen LogP contribution in [0.2, 0.25) is 0 Å². The third kappa shape index (κ3) is 6.81. The van der Waals surface area contributed by atoms with Gasteiger partial charge >= 0.3 is 0 Å². The summed E-state index contributed by atoms with van der Waals surface area (Å²) in [4.78, 5) is 11.9. The van der Waals surface area contributed by atoms with Gasteiger partial charge in [-0.15, -0.1) is 12.4 Å². The summed E-state index contributed by atoms with van der Waals surface area (Å²) in [6.45, 7) is 2.55. The Morgan fingerprint density at radius 3 is 2.58 bits per heavy atom. The second-order valence-corrected chi connectivity index (χ2v) is 6.30. The lowest BCUT2D eigenvalue weighted by atomic mass is 10.1. The molecule has 0 aliphatic rings. The molecule has 3 N–H and O–H groups in total. The highest BCUT2D eigenvalue weighted by molar-refractivity contribution is 9.10. The van der Waals surface area contributed by atoms with Gasteiger partial charge in [-0.2, -0.15) is 0 Å². The molecule has 0 aromatic heterocycles. The van der Waals surface area contributed by atoms with Gasteiger partial charge in [-0.05, 0) is 61.7 Å². The number of benzene rings is 2. The van der Waals surface area contributed by atoms with E-state index in [0.29, 0.717) is 18.7 Å². The van der Waals surface area contributed by atoms with Gasteiger partial charge in [0.05, 0.1) is 6.61 Å². The van der Waals surface area contributed by atoms with Gasteiger partial charge in [0.2, 0.25) is 5.91 Å². The number of rotatable bonds is 7. The molecule has 0 saturated carbocycles. The number of anilines is 2. The lowest BCUT2D eigenvalue weighted by Crippen LogP contribution is -2.12. The van der Waals surface area contributed by atoms with Crippen LogP contribution in [0.5, 0.6) is 5.75 Å².